The molecule has 1 aliphatic carbocycles. The van der Waals surface area contributed by atoms with E-state index < -0.39 is 0 Å². The predicted molar refractivity (Wildman–Crippen MR) is 251 cm³/mol. The molecule has 3 heterocycles. The van der Waals surface area contributed by atoms with Gasteiger partial charge in [-0.3, -0.25) is 4.90 Å². The minimum absolute atomic E-state index is 0.0206. The van der Waals surface area contributed by atoms with Gasteiger partial charge in [-0.1, -0.05) is 126 Å². The average Bonchev–Trinajstić information content (AvgIpc) is 3.50. The van der Waals surface area contributed by atoms with Crippen LogP contribution in [0.5, 0.6) is 0 Å². The topological polar surface area (TPSA) is 19.6 Å². The fourth-order valence-corrected chi connectivity index (χ4v) is 10.2. The molecule has 0 amide bonds. The van der Waals surface area contributed by atoms with Gasteiger partial charge in [-0.05, 0) is 152 Å². The van der Waals surface area contributed by atoms with Crippen LogP contribution in [-0.4, -0.2) is 6.71 Å². The molecule has 5 aromatic carbocycles. The molecule has 298 valence electrons. The molecule has 4 heteroatoms. The van der Waals surface area contributed by atoms with E-state index in [1.165, 1.54) is 95.6 Å². The number of furan rings is 1. The van der Waals surface area contributed by atoms with Crippen LogP contribution in [0.4, 0.5) is 34.3 Å². The third kappa shape index (κ3) is 5.90. The number of aryl methyl sites for hydroxylation is 2. The second-order valence-electron chi connectivity index (χ2n) is 22.4. The summed E-state index contributed by atoms with van der Waals surface area (Å²) in [6.07, 6.45) is 2.33. The van der Waals surface area contributed by atoms with Gasteiger partial charge < -0.3 is 9.32 Å². The minimum atomic E-state index is -0.0209. The first-order valence-corrected chi connectivity index (χ1v) is 21.7. The summed E-state index contributed by atoms with van der Waals surface area (Å²) in [5.41, 5.74) is 20.6. The predicted octanol–water partition coefficient (Wildman–Crippen LogP) is 13.4. The maximum absolute atomic E-state index is 7.41. The van der Waals surface area contributed by atoms with E-state index in [2.05, 4.69) is 199 Å². The van der Waals surface area contributed by atoms with E-state index in [0.29, 0.717) is 0 Å². The third-order valence-electron chi connectivity index (χ3n) is 14.0. The van der Waals surface area contributed by atoms with E-state index in [1.54, 1.807) is 0 Å². The van der Waals surface area contributed by atoms with E-state index in [1.807, 2.05) is 0 Å². The molecule has 3 nitrogen and oxygen atoms in total. The molecule has 0 bridgehead atoms. The third-order valence-corrected chi connectivity index (χ3v) is 14.0. The summed E-state index contributed by atoms with van der Waals surface area (Å²) in [4.78, 5) is 5.03. The van der Waals surface area contributed by atoms with Gasteiger partial charge in [0.25, 0.3) is 6.71 Å². The average molecular weight is 767 g/mol. The Labute approximate surface area is 348 Å². The number of hydrogen-bond donors (Lipinski definition) is 0. The lowest BCUT2D eigenvalue weighted by Gasteiger charge is -2.43. The monoisotopic (exact) mass is 767 g/mol. The molecule has 9 rings (SSSR count). The van der Waals surface area contributed by atoms with Gasteiger partial charge in [-0.25, -0.2) is 0 Å². The van der Waals surface area contributed by atoms with Gasteiger partial charge in [0.05, 0.1) is 5.69 Å². The molecular weight excluding hydrogens is 703 g/mol. The summed E-state index contributed by atoms with van der Waals surface area (Å²) in [6, 6.07) is 33.5. The van der Waals surface area contributed by atoms with E-state index in [-0.39, 0.29) is 33.8 Å². The van der Waals surface area contributed by atoms with Gasteiger partial charge in [0.2, 0.25) is 5.88 Å². The highest BCUT2D eigenvalue weighted by Crippen LogP contribution is 2.51. The zero-order valence-electron chi connectivity index (χ0n) is 37.9. The van der Waals surface area contributed by atoms with Crippen molar-refractivity contribution in [2.45, 2.75) is 144 Å². The van der Waals surface area contributed by atoms with Crippen LogP contribution in [0.1, 0.15) is 142 Å². The highest BCUT2D eigenvalue weighted by Gasteiger charge is 2.48. The standard InChI is InChI=1S/C54H63BN2O/c1-32-26-44-48-45(27-32)57(42-22-18-35(28-33(42)2)51(6,7)8)49-47(38-30-39-40(31-46(38)58-49)54(14,15)25-24-53(39,12)13)55(48)41-29-36(52(9,10)11)19-23-43(41)56(44)37-20-16-34(17-21-37)50(3,4)5/h16-23,26-31H,24-25H2,1-15H3. The van der Waals surface area contributed by atoms with E-state index in [4.69, 9.17) is 4.42 Å². The molecule has 0 spiro atoms. The van der Waals surface area contributed by atoms with E-state index >= 15 is 0 Å². The SMILES string of the molecule is Cc1cc2c3c(c1)N(c1ccc(C(C)(C)C)cc1C)c1oc4cc5c(cc4c1B3c1cc(C(C)(C)C)ccc1N2c1ccc(C(C)(C)C)cc1)C(C)(C)CCC5(C)C. The Morgan fingerprint density at radius 2 is 1.05 bits per heavy atom. The number of anilines is 6. The van der Waals surface area contributed by atoms with E-state index in [9.17, 15) is 0 Å². The lowest BCUT2D eigenvalue weighted by Crippen LogP contribution is -2.61. The number of nitrogens with zero attached hydrogens (tertiary/aromatic N) is 2. The Bertz CT molecular complexity index is 2650. The molecule has 2 aliphatic heterocycles. The fraction of sp³-hybridized carbons (Fsp3) is 0.407. The maximum Gasteiger partial charge on any atom is 0.257 e. The summed E-state index contributed by atoms with van der Waals surface area (Å²) in [5, 5.41) is 1.24. The molecule has 0 N–H and O–H groups in total. The maximum atomic E-state index is 7.41. The number of hydrogen-bond acceptors (Lipinski definition) is 3. The first kappa shape index (κ1) is 38.8. The van der Waals surface area contributed by atoms with Crippen molar-refractivity contribution in [2.75, 3.05) is 9.80 Å². The van der Waals surface area contributed by atoms with Crippen molar-refractivity contribution < 1.29 is 4.42 Å². The van der Waals surface area contributed by atoms with Crippen molar-refractivity contribution in [3.8, 4) is 0 Å². The fourth-order valence-electron chi connectivity index (χ4n) is 10.2. The van der Waals surface area contributed by atoms with Gasteiger partial charge in [0.15, 0.2) is 0 Å². The zero-order valence-corrected chi connectivity index (χ0v) is 37.9. The Balaban J connectivity index is 1.41. The van der Waals surface area contributed by atoms with Gasteiger partial charge >= 0.3 is 0 Å². The van der Waals surface area contributed by atoms with Crippen molar-refractivity contribution in [3.05, 3.63) is 124 Å². The Morgan fingerprint density at radius 3 is 1.62 bits per heavy atom. The van der Waals surface area contributed by atoms with Gasteiger partial charge in [-0.15, -0.1) is 0 Å². The Kier molecular flexibility index (Phi) is 8.31. The van der Waals surface area contributed by atoms with Crippen LogP contribution in [0.25, 0.3) is 11.0 Å². The second-order valence-corrected chi connectivity index (χ2v) is 22.4. The smallest absolute Gasteiger partial charge is 0.257 e. The molecule has 0 fully saturated rings. The number of benzene rings is 5. The summed E-state index contributed by atoms with van der Waals surface area (Å²) in [6.45, 7) is 35.0. The molecule has 0 unspecified atom stereocenters. The van der Waals surface area contributed by atoms with Crippen LogP contribution in [0.2, 0.25) is 0 Å². The molecule has 58 heavy (non-hydrogen) atoms. The Morgan fingerprint density at radius 1 is 0.534 bits per heavy atom. The largest absolute Gasteiger partial charge is 0.440 e. The summed E-state index contributed by atoms with van der Waals surface area (Å²) in [5.74, 6) is 0.948. The molecule has 0 saturated carbocycles. The van der Waals surface area contributed by atoms with Crippen molar-refractivity contribution >= 4 is 68.4 Å². The first-order valence-electron chi connectivity index (χ1n) is 21.7. The van der Waals surface area contributed by atoms with Crippen LogP contribution in [-0.2, 0) is 27.1 Å². The molecule has 0 atom stereocenters. The number of rotatable bonds is 2. The van der Waals surface area contributed by atoms with Gasteiger partial charge in [0, 0.05) is 33.6 Å². The first-order chi connectivity index (χ1) is 27.0. The molecule has 6 aromatic rings. The molecular formula is C54H63BN2O. The lowest BCUT2D eigenvalue weighted by molar-refractivity contribution is 0.332. The van der Waals surface area contributed by atoms with Gasteiger partial charge in [0.1, 0.15) is 5.58 Å². The minimum Gasteiger partial charge on any atom is -0.440 e. The van der Waals surface area contributed by atoms with Crippen molar-refractivity contribution in [3.63, 3.8) is 0 Å². The van der Waals surface area contributed by atoms with Gasteiger partial charge in [-0.2, -0.15) is 0 Å². The molecule has 0 saturated heterocycles. The van der Waals surface area contributed by atoms with Crippen LogP contribution in [0, 0.1) is 13.8 Å². The zero-order chi connectivity index (χ0) is 41.6. The summed E-state index contributed by atoms with van der Waals surface area (Å²) >= 11 is 0. The van der Waals surface area contributed by atoms with Crippen LogP contribution < -0.4 is 26.2 Å². The van der Waals surface area contributed by atoms with Crippen molar-refractivity contribution in [1.29, 1.82) is 0 Å². The highest BCUT2D eigenvalue weighted by molar-refractivity contribution is 7.01. The van der Waals surface area contributed by atoms with Crippen LogP contribution in [0.3, 0.4) is 0 Å². The number of fused-ring (bicyclic) bond motifs is 7. The van der Waals surface area contributed by atoms with Crippen LogP contribution in [0.15, 0.2) is 89.3 Å². The van der Waals surface area contributed by atoms with Crippen molar-refractivity contribution in [1.82, 2.24) is 0 Å². The van der Waals surface area contributed by atoms with Crippen LogP contribution >= 0.6 is 0 Å². The Hall–Kier alpha value is -4.70. The molecule has 1 aromatic heterocycles. The highest BCUT2D eigenvalue weighted by atomic mass is 16.4. The second kappa shape index (κ2) is 12.4. The lowest BCUT2D eigenvalue weighted by atomic mass is 9.33. The quantitative estimate of drug-likeness (QED) is 0.163. The van der Waals surface area contributed by atoms with E-state index in [0.717, 1.165) is 17.9 Å². The summed E-state index contributed by atoms with van der Waals surface area (Å²) < 4.78 is 7.41. The molecule has 3 aliphatic rings. The molecule has 0 radical (unpaired) electrons. The summed E-state index contributed by atoms with van der Waals surface area (Å²) in [7, 11) is 0. The van der Waals surface area contributed by atoms with Crippen molar-refractivity contribution in [2.24, 2.45) is 0 Å². The normalized spacial score (nSPS) is 16.9.